The van der Waals surface area contributed by atoms with E-state index in [2.05, 4.69) is 41.5 Å². The van der Waals surface area contributed by atoms with Gasteiger partial charge in [0, 0.05) is 29.6 Å². The first-order valence-electron chi connectivity index (χ1n) is 9.94. The maximum absolute atomic E-state index is 12.3. The zero-order valence-corrected chi connectivity index (χ0v) is 17.9. The van der Waals surface area contributed by atoms with Crippen molar-refractivity contribution in [3.8, 4) is 5.13 Å². The Bertz CT molecular complexity index is 1130. The number of amides is 1. The third-order valence-corrected chi connectivity index (χ3v) is 5.92. The van der Waals surface area contributed by atoms with E-state index in [1.54, 1.807) is 0 Å². The molecule has 30 heavy (non-hydrogen) atoms. The van der Waals surface area contributed by atoms with Gasteiger partial charge in [-0.05, 0) is 25.0 Å². The number of hydrogen-bond donors (Lipinski definition) is 1. The second kappa shape index (κ2) is 9.05. The number of carbonyl (C=O) groups is 1. The molecular formula is C24H24N4OS. The zero-order chi connectivity index (χ0) is 20.9. The lowest BCUT2D eigenvalue weighted by atomic mass is 10.0. The van der Waals surface area contributed by atoms with Crippen LogP contribution in [-0.2, 0) is 24.2 Å². The molecule has 0 spiro atoms. The average Bonchev–Trinajstić information content (AvgIpc) is 3.33. The summed E-state index contributed by atoms with van der Waals surface area (Å²) in [5.41, 5.74) is 6.42. The van der Waals surface area contributed by atoms with Gasteiger partial charge in [0.15, 0.2) is 0 Å². The molecular weight excluding hydrogens is 392 g/mol. The normalized spacial score (nSPS) is 10.9. The van der Waals surface area contributed by atoms with Gasteiger partial charge in [-0.1, -0.05) is 60.7 Å². The Labute approximate surface area is 180 Å². The van der Waals surface area contributed by atoms with Crippen molar-refractivity contribution in [2.75, 3.05) is 0 Å². The number of nitrogens with one attached hydrogen (secondary N) is 1. The fourth-order valence-electron chi connectivity index (χ4n) is 3.42. The Hall–Kier alpha value is -3.25. The fraction of sp³-hybridized carbons (Fsp3) is 0.208. The molecule has 0 saturated carbocycles. The summed E-state index contributed by atoms with van der Waals surface area (Å²) in [6, 6.07) is 20.3. The van der Waals surface area contributed by atoms with E-state index >= 15 is 0 Å². The van der Waals surface area contributed by atoms with Crippen LogP contribution in [-0.4, -0.2) is 20.7 Å². The lowest BCUT2D eigenvalue weighted by Gasteiger charge is -2.04. The largest absolute Gasteiger partial charge is 0.352 e. The predicted molar refractivity (Wildman–Crippen MR) is 120 cm³/mol. The number of thiazole rings is 1. The molecule has 4 rings (SSSR count). The molecule has 4 aromatic rings. The summed E-state index contributed by atoms with van der Waals surface area (Å²) in [4.78, 5) is 16.9. The van der Waals surface area contributed by atoms with Gasteiger partial charge in [-0.15, -0.1) is 11.3 Å². The molecule has 0 unspecified atom stereocenters. The SMILES string of the molecule is Cc1nn(-c2nc(CC(=O)NCc3ccccc3)cs2)c(C)c1Cc1ccccc1. The van der Waals surface area contributed by atoms with E-state index in [0.29, 0.717) is 6.54 Å². The minimum atomic E-state index is -0.0335. The van der Waals surface area contributed by atoms with Crippen molar-refractivity contribution < 1.29 is 4.79 Å². The van der Waals surface area contributed by atoms with E-state index in [0.717, 1.165) is 34.2 Å². The Balaban J connectivity index is 1.43. The van der Waals surface area contributed by atoms with Crippen LogP contribution in [0.25, 0.3) is 5.13 Å². The zero-order valence-electron chi connectivity index (χ0n) is 17.1. The van der Waals surface area contributed by atoms with E-state index in [4.69, 9.17) is 5.10 Å². The molecule has 2 aromatic heterocycles. The maximum Gasteiger partial charge on any atom is 0.226 e. The molecule has 1 amide bonds. The van der Waals surface area contributed by atoms with Crippen LogP contribution in [0.15, 0.2) is 66.0 Å². The van der Waals surface area contributed by atoms with E-state index in [-0.39, 0.29) is 12.3 Å². The molecule has 0 saturated heterocycles. The van der Waals surface area contributed by atoms with Crippen LogP contribution < -0.4 is 5.32 Å². The highest BCUT2D eigenvalue weighted by Gasteiger charge is 2.16. The molecule has 0 aliphatic heterocycles. The van der Waals surface area contributed by atoms with Crippen molar-refractivity contribution in [3.63, 3.8) is 0 Å². The summed E-state index contributed by atoms with van der Waals surface area (Å²) in [5.74, 6) is -0.0335. The van der Waals surface area contributed by atoms with Gasteiger partial charge in [-0.25, -0.2) is 9.67 Å². The number of aryl methyl sites for hydroxylation is 1. The van der Waals surface area contributed by atoms with Crippen molar-refractivity contribution >= 4 is 17.2 Å². The lowest BCUT2D eigenvalue weighted by molar-refractivity contribution is -0.120. The molecule has 1 N–H and O–H groups in total. The van der Waals surface area contributed by atoms with Gasteiger partial charge in [-0.3, -0.25) is 4.79 Å². The van der Waals surface area contributed by atoms with Crippen molar-refractivity contribution in [1.82, 2.24) is 20.1 Å². The molecule has 0 atom stereocenters. The van der Waals surface area contributed by atoms with Gasteiger partial charge in [0.25, 0.3) is 0 Å². The first-order chi connectivity index (χ1) is 14.6. The van der Waals surface area contributed by atoms with E-state index in [9.17, 15) is 4.79 Å². The monoisotopic (exact) mass is 416 g/mol. The second-order valence-electron chi connectivity index (χ2n) is 7.28. The lowest BCUT2D eigenvalue weighted by Crippen LogP contribution is -2.24. The Morgan fingerprint density at radius 3 is 2.37 bits per heavy atom. The van der Waals surface area contributed by atoms with Gasteiger partial charge < -0.3 is 5.32 Å². The van der Waals surface area contributed by atoms with Gasteiger partial charge in [0.1, 0.15) is 0 Å². The molecule has 5 nitrogen and oxygen atoms in total. The topological polar surface area (TPSA) is 59.8 Å². The molecule has 2 aromatic carbocycles. The highest BCUT2D eigenvalue weighted by Crippen LogP contribution is 2.23. The summed E-state index contributed by atoms with van der Waals surface area (Å²) in [7, 11) is 0. The van der Waals surface area contributed by atoms with Crippen LogP contribution in [0.4, 0.5) is 0 Å². The molecule has 0 radical (unpaired) electrons. The fourth-order valence-corrected chi connectivity index (χ4v) is 4.24. The smallest absolute Gasteiger partial charge is 0.226 e. The minimum absolute atomic E-state index is 0.0335. The molecule has 152 valence electrons. The highest BCUT2D eigenvalue weighted by atomic mass is 32.1. The molecule has 0 aliphatic rings. The van der Waals surface area contributed by atoms with Crippen LogP contribution in [0.5, 0.6) is 0 Å². The standard InChI is InChI=1S/C24H24N4OS/c1-17-22(13-19-9-5-3-6-10-19)18(2)28(27-17)24-26-21(16-30-24)14-23(29)25-15-20-11-7-4-8-12-20/h3-12,16H,13-15H2,1-2H3,(H,25,29). The number of aromatic nitrogens is 3. The summed E-state index contributed by atoms with van der Waals surface area (Å²) in [6.07, 6.45) is 1.11. The van der Waals surface area contributed by atoms with E-state index < -0.39 is 0 Å². The third kappa shape index (κ3) is 4.66. The Kier molecular flexibility index (Phi) is 6.05. The Morgan fingerprint density at radius 1 is 1.00 bits per heavy atom. The maximum atomic E-state index is 12.3. The van der Waals surface area contributed by atoms with Crippen LogP contribution >= 0.6 is 11.3 Å². The summed E-state index contributed by atoms with van der Waals surface area (Å²) >= 11 is 1.51. The number of hydrogen-bond acceptors (Lipinski definition) is 4. The van der Waals surface area contributed by atoms with Gasteiger partial charge in [0.2, 0.25) is 11.0 Å². The molecule has 0 fully saturated rings. The van der Waals surface area contributed by atoms with E-state index in [1.807, 2.05) is 53.4 Å². The van der Waals surface area contributed by atoms with Gasteiger partial charge in [0.05, 0.1) is 17.8 Å². The number of carbonyl (C=O) groups excluding carboxylic acids is 1. The number of benzene rings is 2. The Morgan fingerprint density at radius 2 is 1.67 bits per heavy atom. The first-order valence-corrected chi connectivity index (χ1v) is 10.8. The van der Waals surface area contributed by atoms with Crippen molar-refractivity contribution in [1.29, 1.82) is 0 Å². The summed E-state index contributed by atoms with van der Waals surface area (Å²) in [6.45, 7) is 4.64. The molecule has 0 bridgehead atoms. The summed E-state index contributed by atoms with van der Waals surface area (Å²) in [5, 5.41) is 10.4. The van der Waals surface area contributed by atoms with Crippen LogP contribution in [0.2, 0.25) is 0 Å². The average molecular weight is 417 g/mol. The number of nitrogens with zero attached hydrogens (tertiary/aromatic N) is 3. The quantitative estimate of drug-likeness (QED) is 0.486. The minimum Gasteiger partial charge on any atom is -0.352 e. The first kappa shape index (κ1) is 20.0. The second-order valence-corrected chi connectivity index (χ2v) is 8.12. The highest BCUT2D eigenvalue weighted by molar-refractivity contribution is 7.12. The number of rotatable bonds is 7. The van der Waals surface area contributed by atoms with Crippen molar-refractivity contribution in [2.24, 2.45) is 0 Å². The van der Waals surface area contributed by atoms with Crippen molar-refractivity contribution in [3.05, 3.63) is 99.8 Å². The molecule has 0 aliphatic carbocycles. The summed E-state index contributed by atoms with van der Waals surface area (Å²) < 4.78 is 1.89. The van der Waals surface area contributed by atoms with E-state index in [1.165, 1.54) is 22.5 Å². The van der Waals surface area contributed by atoms with Gasteiger partial charge >= 0.3 is 0 Å². The van der Waals surface area contributed by atoms with Crippen molar-refractivity contribution in [2.45, 2.75) is 33.2 Å². The third-order valence-electron chi connectivity index (χ3n) is 5.06. The van der Waals surface area contributed by atoms with Crippen LogP contribution in [0, 0.1) is 13.8 Å². The molecule has 6 heteroatoms. The van der Waals surface area contributed by atoms with Gasteiger partial charge in [-0.2, -0.15) is 5.10 Å². The molecule has 2 heterocycles. The predicted octanol–water partition coefficient (Wildman–Crippen LogP) is 4.40. The van der Waals surface area contributed by atoms with Crippen LogP contribution in [0.1, 0.15) is 33.8 Å². The van der Waals surface area contributed by atoms with Crippen LogP contribution in [0.3, 0.4) is 0 Å².